The van der Waals surface area contributed by atoms with Crippen LogP contribution in [0.3, 0.4) is 0 Å². The van der Waals surface area contributed by atoms with Gasteiger partial charge in [-0.2, -0.15) is 0 Å². The number of hydrogen-bond acceptors (Lipinski definition) is 3. The standard InChI is InChI=1S/C15H17FN2O2S/c1-11-9-13(16)8-7-12(11)10-18-14-5-3-4-6-15(14)21(19,20)17-2/h3-9,17-18H,10H2,1-2H3. The quantitative estimate of drug-likeness (QED) is 0.893. The molecular weight excluding hydrogens is 291 g/mol. The molecule has 2 rings (SSSR count). The van der Waals surface area contributed by atoms with Crippen molar-refractivity contribution in [1.29, 1.82) is 0 Å². The van der Waals surface area contributed by atoms with Crippen LogP contribution < -0.4 is 10.0 Å². The summed E-state index contributed by atoms with van der Waals surface area (Å²) in [6.07, 6.45) is 0. The van der Waals surface area contributed by atoms with E-state index < -0.39 is 10.0 Å². The van der Waals surface area contributed by atoms with Crippen LogP contribution in [-0.4, -0.2) is 15.5 Å². The van der Waals surface area contributed by atoms with Crippen LogP contribution in [0.1, 0.15) is 11.1 Å². The number of aryl methyl sites for hydroxylation is 1. The van der Waals surface area contributed by atoms with Gasteiger partial charge in [0.25, 0.3) is 0 Å². The Morgan fingerprint density at radius 3 is 2.52 bits per heavy atom. The lowest BCUT2D eigenvalue weighted by Crippen LogP contribution is -2.20. The molecule has 0 spiro atoms. The van der Waals surface area contributed by atoms with Gasteiger partial charge >= 0.3 is 0 Å². The molecule has 2 aromatic rings. The number of para-hydroxylation sites is 1. The second kappa shape index (κ2) is 6.24. The smallest absolute Gasteiger partial charge is 0.242 e. The normalized spacial score (nSPS) is 11.4. The lowest BCUT2D eigenvalue weighted by molar-refractivity contribution is 0.588. The monoisotopic (exact) mass is 308 g/mol. The van der Waals surface area contributed by atoms with Crippen molar-refractivity contribution in [1.82, 2.24) is 4.72 Å². The average molecular weight is 308 g/mol. The van der Waals surface area contributed by atoms with Gasteiger partial charge in [0, 0.05) is 6.54 Å². The van der Waals surface area contributed by atoms with Crippen molar-refractivity contribution in [3.05, 3.63) is 59.4 Å². The van der Waals surface area contributed by atoms with Crippen LogP contribution in [0.5, 0.6) is 0 Å². The van der Waals surface area contributed by atoms with E-state index in [1.54, 1.807) is 24.3 Å². The van der Waals surface area contributed by atoms with Crippen molar-refractivity contribution in [2.75, 3.05) is 12.4 Å². The number of nitrogens with one attached hydrogen (secondary N) is 2. The van der Waals surface area contributed by atoms with Crippen LogP contribution in [0.25, 0.3) is 0 Å². The molecule has 2 aromatic carbocycles. The summed E-state index contributed by atoms with van der Waals surface area (Å²) in [4.78, 5) is 0.187. The first-order chi connectivity index (χ1) is 9.94. The Balaban J connectivity index is 2.25. The Morgan fingerprint density at radius 1 is 1.14 bits per heavy atom. The van der Waals surface area contributed by atoms with Crippen LogP contribution in [0.4, 0.5) is 10.1 Å². The van der Waals surface area contributed by atoms with E-state index >= 15 is 0 Å². The minimum Gasteiger partial charge on any atom is -0.380 e. The lowest BCUT2D eigenvalue weighted by Gasteiger charge is -2.13. The fraction of sp³-hybridized carbons (Fsp3) is 0.200. The summed E-state index contributed by atoms with van der Waals surface area (Å²) in [6.45, 7) is 2.23. The molecule has 2 N–H and O–H groups in total. The van der Waals surface area contributed by atoms with E-state index in [1.807, 2.05) is 6.92 Å². The maximum absolute atomic E-state index is 13.1. The van der Waals surface area contributed by atoms with Crippen LogP contribution >= 0.6 is 0 Å². The topological polar surface area (TPSA) is 58.2 Å². The molecule has 0 aliphatic heterocycles. The van der Waals surface area contributed by atoms with E-state index in [1.165, 1.54) is 25.2 Å². The van der Waals surface area contributed by atoms with Crippen LogP contribution in [0.15, 0.2) is 47.4 Å². The van der Waals surface area contributed by atoms with E-state index in [9.17, 15) is 12.8 Å². The third-order valence-corrected chi connectivity index (χ3v) is 4.69. The molecule has 112 valence electrons. The Morgan fingerprint density at radius 2 is 1.86 bits per heavy atom. The summed E-state index contributed by atoms with van der Waals surface area (Å²) in [7, 11) is -2.15. The molecule has 0 amide bonds. The van der Waals surface area contributed by atoms with Gasteiger partial charge in [0.1, 0.15) is 10.7 Å². The first kappa shape index (κ1) is 15.5. The van der Waals surface area contributed by atoms with Crippen LogP contribution in [-0.2, 0) is 16.6 Å². The highest BCUT2D eigenvalue weighted by atomic mass is 32.2. The van der Waals surface area contributed by atoms with Crippen molar-refractivity contribution in [2.24, 2.45) is 0 Å². The highest BCUT2D eigenvalue weighted by Crippen LogP contribution is 2.21. The third kappa shape index (κ3) is 3.59. The van der Waals surface area contributed by atoms with Gasteiger partial charge in [0.05, 0.1) is 5.69 Å². The second-order valence-electron chi connectivity index (χ2n) is 4.63. The summed E-state index contributed by atoms with van der Waals surface area (Å²) in [6, 6.07) is 11.2. The molecule has 6 heteroatoms. The molecule has 0 saturated carbocycles. The van der Waals surface area contributed by atoms with Gasteiger partial charge in [-0.3, -0.25) is 0 Å². The molecule has 0 aliphatic carbocycles. The fourth-order valence-corrected chi connectivity index (χ4v) is 2.91. The number of halogens is 1. The summed E-state index contributed by atoms with van der Waals surface area (Å²) in [5.74, 6) is -0.283. The summed E-state index contributed by atoms with van der Waals surface area (Å²) in [5.41, 5.74) is 2.24. The van der Waals surface area contributed by atoms with E-state index in [-0.39, 0.29) is 10.7 Å². The van der Waals surface area contributed by atoms with Crippen molar-refractivity contribution in [3.63, 3.8) is 0 Å². The molecular formula is C15H17FN2O2S. The van der Waals surface area contributed by atoms with E-state index in [0.29, 0.717) is 12.2 Å². The van der Waals surface area contributed by atoms with Crippen LogP contribution in [0.2, 0.25) is 0 Å². The number of anilines is 1. The predicted octanol–water partition coefficient (Wildman–Crippen LogP) is 2.65. The molecule has 0 radical (unpaired) electrons. The molecule has 0 atom stereocenters. The number of hydrogen-bond donors (Lipinski definition) is 2. The third-order valence-electron chi connectivity index (χ3n) is 3.22. The van der Waals surface area contributed by atoms with Crippen molar-refractivity contribution in [3.8, 4) is 0 Å². The Bertz CT molecular complexity index is 745. The summed E-state index contributed by atoms with van der Waals surface area (Å²) < 4.78 is 39.3. The number of rotatable bonds is 5. The maximum atomic E-state index is 13.1. The van der Waals surface area contributed by atoms with Crippen molar-refractivity contribution >= 4 is 15.7 Å². The Kier molecular flexibility index (Phi) is 4.59. The second-order valence-corrected chi connectivity index (χ2v) is 6.48. The van der Waals surface area contributed by atoms with Gasteiger partial charge in [-0.15, -0.1) is 0 Å². The van der Waals surface area contributed by atoms with Gasteiger partial charge in [0.15, 0.2) is 0 Å². The van der Waals surface area contributed by atoms with E-state index in [2.05, 4.69) is 10.0 Å². The maximum Gasteiger partial charge on any atom is 0.242 e. The molecule has 0 aliphatic rings. The van der Waals surface area contributed by atoms with Gasteiger partial charge in [-0.1, -0.05) is 18.2 Å². The average Bonchev–Trinajstić information content (AvgIpc) is 2.46. The molecule has 4 nitrogen and oxygen atoms in total. The zero-order valence-electron chi connectivity index (χ0n) is 11.9. The van der Waals surface area contributed by atoms with Crippen LogP contribution in [0, 0.1) is 12.7 Å². The zero-order valence-corrected chi connectivity index (χ0v) is 12.7. The van der Waals surface area contributed by atoms with Crippen molar-refractivity contribution < 1.29 is 12.8 Å². The summed E-state index contributed by atoms with van der Waals surface area (Å²) in [5, 5.41) is 3.09. The minimum atomic E-state index is -3.52. The van der Waals surface area contributed by atoms with Gasteiger partial charge in [0.2, 0.25) is 10.0 Å². The van der Waals surface area contributed by atoms with E-state index in [4.69, 9.17) is 0 Å². The van der Waals surface area contributed by atoms with Gasteiger partial charge < -0.3 is 5.32 Å². The minimum absolute atomic E-state index is 0.187. The molecule has 0 bridgehead atoms. The molecule has 0 fully saturated rings. The largest absolute Gasteiger partial charge is 0.380 e. The highest BCUT2D eigenvalue weighted by molar-refractivity contribution is 7.89. The molecule has 0 unspecified atom stereocenters. The summed E-state index contributed by atoms with van der Waals surface area (Å²) >= 11 is 0. The van der Waals surface area contributed by atoms with Gasteiger partial charge in [-0.05, 0) is 49.4 Å². The molecule has 21 heavy (non-hydrogen) atoms. The Hall–Kier alpha value is -1.92. The number of sulfonamides is 1. The molecule has 0 aromatic heterocycles. The van der Waals surface area contributed by atoms with E-state index in [0.717, 1.165) is 11.1 Å². The highest BCUT2D eigenvalue weighted by Gasteiger charge is 2.15. The SMILES string of the molecule is CNS(=O)(=O)c1ccccc1NCc1ccc(F)cc1C. The Labute approximate surface area is 124 Å². The first-order valence-corrected chi connectivity index (χ1v) is 7.94. The van der Waals surface area contributed by atoms with Gasteiger partial charge in [-0.25, -0.2) is 17.5 Å². The lowest BCUT2D eigenvalue weighted by atomic mass is 10.1. The molecule has 0 heterocycles. The number of benzene rings is 2. The molecule has 0 saturated heterocycles. The fourth-order valence-electron chi connectivity index (χ4n) is 2.01. The van der Waals surface area contributed by atoms with Crippen molar-refractivity contribution in [2.45, 2.75) is 18.4 Å². The zero-order chi connectivity index (χ0) is 15.5. The predicted molar refractivity (Wildman–Crippen MR) is 81.2 cm³/mol. The first-order valence-electron chi connectivity index (χ1n) is 6.45.